The summed E-state index contributed by atoms with van der Waals surface area (Å²) in [6, 6.07) is 7.74. The van der Waals surface area contributed by atoms with Crippen molar-refractivity contribution in [1.82, 2.24) is 20.0 Å². The predicted octanol–water partition coefficient (Wildman–Crippen LogP) is 1.90. The second-order valence-electron chi connectivity index (χ2n) is 6.87. The highest BCUT2D eigenvalue weighted by atomic mass is 19.1. The third kappa shape index (κ3) is 5.77. The van der Waals surface area contributed by atoms with Gasteiger partial charge in [0.15, 0.2) is 0 Å². The largest absolute Gasteiger partial charge is 0.395 e. The van der Waals surface area contributed by atoms with Crippen LogP contribution in [0.4, 0.5) is 15.0 Å². The number of halogens is 1. The summed E-state index contributed by atoms with van der Waals surface area (Å²) in [5.41, 5.74) is 0.772. The Balaban J connectivity index is 1.49. The van der Waals surface area contributed by atoms with E-state index in [4.69, 9.17) is 5.11 Å². The van der Waals surface area contributed by atoms with Crippen LogP contribution in [-0.4, -0.2) is 58.6 Å². The summed E-state index contributed by atoms with van der Waals surface area (Å²) in [6.45, 7) is 3.70. The molecule has 1 aliphatic heterocycles. The van der Waals surface area contributed by atoms with Crippen LogP contribution in [-0.2, 0) is 6.54 Å². The van der Waals surface area contributed by atoms with E-state index in [2.05, 4.69) is 20.6 Å². The number of aliphatic hydroxyl groups is 1. The number of hydrogen-bond donors (Lipinski definition) is 3. The van der Waals surface area contributed by atoms with E-state index in [1.165, 1.54) is 12.1 Å². The smallest absolute Gasteiger partial charge is 0.320 e. The Morgan fingerprint density at radius 2 is 2.26 bits per heavy atom. The molecule has 0 aliphatic carbocycles. The van der Waals surface area contributed by atoms with Crippen molar-refractivity contribution in [2.45, 2.75) is 19.4 Å². The molecule has 1 fully saturated rings. The molecule has 146 valence electrons. The summed E-state index contributed by atoms with van der Waals surface area (Å²) in [6.07, 6.45) is 3.75. The summed E-state index contributed by atoms with van der Waals surface area (Å²) in [7, 11) is 0. The van der Waals surface area contributed by atoms with Crippen molar-refractivity contribution in [3.63, 3.8) is 0 Å². The van der Waals surface area contributed by atoms with Crippen LogP contribution in [0.2, 0.25) is 0 Å². The molecule has 1 aliphatic rings. The third-order valence-corrected chi connectivity index (χ3v) is 4.75. The van der Waals surface area contributed by atoms with Crippen LogP contribution in [0.5, 0.6) is 0 Å². The van der Waals surface area contributed by atoms with E-state index >= 15 is 0 Å². The molecule has 0 saturated carbocycles. The molecule has 2 amide bonds. The van der Waals surface area contributed by atoms with Crippen LogP contribution in [0, 0.1) is 11.7 Å². The average Bonchev–Trinajstić information content (AvgIpc) is 3.07. The van der Waals surface area contributed by atoms with E-state index in [9.17, 15) is 9.18 Å². The molecule has 1 atom stereocenters. The zero-order chi connectivity index (χ0) is 19.1. The van der Waals surface area contributed by atoms with Crippen molar-refractivity contribution in [2.24, 2.45) is 5.92 Å². The lowest BCUT2D eigenvalue weighted by molar-refractivity contribution is 0.139. The van der Waals surface area contributed by atoms with Gasteiger partial charge in [0.1, 0.15) is 11.6 Å². The first kappa shape index (κ1) is 19.3. The van der Waals surface area contributed by atoms with Gasteiger partial charge in [-0.3, -0.25) is 5.32 Å². The Labute approximate surface area is 158 Å². The van der Waals surface area contributed by atoms with E-state index in [0.717, 1.165) is 31.5 Å². The number of likely N-dealkylation sites (tertiary alicyclic amines) is 1. The first-order chi connectivity index (χ1) is 13.1. The molecule has 1 saturated heterocycles. The number of piperidine rings is 1. The van der Waals surface area contributed by atoms with Gasteiger partial charge in [-0.25, -0.2) is 13.9 Å². The lowest BCUT2D eigenvalue weighted by atomic mass is 9.98. The topological polar surface area (TPSA) is 82.4 Å². The summed E-state index contributed by atoms with van der Waals surface area (Å²) in [5, 5.41) is 19.0. The summed E-state index contributed by atoms with van der Waals surface area (Å²) in [4.78, 5) is 14.5. The van der Waals surface area contributed by atoms with E-state index in [-0.39, 0.29) is 18.5 Å². The number of nitrogens with zero attached hydrogens (tertiary/aromatic N) is 3. The van der Waals surface area contributed by atoms with E-state index in [1.807, 2.05) is 6.07 Å². The fraction of sp³-hybridized carbons (Fsp3) is 0.474. The fourth-order valence-corrected chi connectivity index (χ4v) is 3.43. The van der Waals surface area contributed by atoms with Crippen molar-refractivity contribution < 1.29 is 14.3 Å². The predicted molar refractivity (Wildman–Crippen MR) is 101 cm³/mol. The minimum absolute atomic E-state index is 0.163. The monoisotopic (exact) mass is 375 g/mol. The normalized spacial score (nSPS) is 17.6. The molecule has 2 heterocycles. The van der Waals surface area contributed by atoms with Crippen LogP contribution >= 0.6 is 0 Å². The highest BCUT2D eigenvalue weighted by Gasteiger charge is 2.20. The quantitative estimate of drug-likeness (QED) is 0.690. The number of amides is 2. The van der Waals surface area contributed by atoms with Crippen molar-refractivity contribution in [3.8, 4) is 0 Å². The van der Waals surface area contributed by atoms with Gasteiger partial charge in [0.2, 0.25) is 0 Å². The highest BCUT2D eigenvalue weighted by molar-refractivity contribution is 5.88. The SMILES string of the molecule is O=C(NC[C@@H]1CCCN(CCO)C1)Nc1ccnn1Cc1cccc(F)c1. The fourth-order valence-electron chi connectivity index (χ4n) is 3.43. The Morgan fingerprint density at radius 1 is 1.37 bits per heavy atom. The molecule has 27 heavy (non-hydrogen) atoms. The number of carbonyl (C=O) groups is 1. The van der Waals surface area contributed by atoms with Crippen LogP contribution in [0.15, 0.2) is 36.5 Å². The molecule has 0 spiro atoms. The Hall–Kier alpha value is -2.45. The van der Waals surface area contributed by atoms with Gasteiger partial charge in [-0.1, -0.05) is 12.1 Å². The van der Waals surface area contributed by atoms with Gasteiger partial charge >= 0.3 is 6.03 Å². The van der Waals surface area contributed by atoms with Crippen LogP contribution in [0.1, 0.15) is 18.4 Å². The highest BCUT2D eigenvalue weighted by Crippen LogP contribution is 2.15. The first-order valence-corrected chi connectivity index (χ1v) is 9.28. The van der Waals surface area contributed by atoms with E-state index in [0.29, 0.717) is 31.4 Å². The molecule has 8 heteroatoms. The number of carbonyl (C=O) groups excluding carboxylic acids is 1. The lowest BCUT2D eigenvalue weighted by Crippen LogP contribution is -2.42. The second kappa shape index (κ2) is 9.48. The molecule has 0 radical (unpaired) electrons. The Bertz CT molecular complexity index is 749. The average molecular weight is 375 g/mol. The number of rotatable bonds is 7. The zero-order valence-electron chi connectivity index (χ0n) is 15.3. The minimum atomic E-state index is -0.297. The number of β-amino-alcohol motifs (C(OH)–C–C–N with tert-alkyl or cyclic N) is 1. The number of aliphatic hydroxyl groups excluding tert-OH is 1. The number of benzene rings is 1. The van der Waals surface area contributed by atoms with Gasteiger partial charge < -0.3 is 15.3 Å². The number of aromatic nitrogens is 2. The number of anilines is 1. The minimum Gasteiger partial charge on any atom is -0.395 e. The second-order valence-corrected chi connectivity index (χ2v) is 6.87. The molecule has 1 aromatic heterocycles. The maximum atomic E-state index is 13.3. The molecule has 0 bridgehead atoms. The molecule has 7 nitrogen and oxygen atoms in total. The molecular formula is C19H26FN5O2. The standard InChI is InChI=1S/C19H26FN5O2/c20-17-5-1-3-15(11-17)14-25-18(6-7-22-25)23-19(27)21-12-16-4-2-8-24(13-16)9-10-26/h1,3,5-7,11,16,26H,2,4,8-10,12-14H2,(H2,21,23,27)/t16-/m0/s1. The van der Waals surface area contributed by atoms with Crippen LogP contribution < -0.4 is 10.6 Å². The molecule has 2 aromatic rings. The summed E-state index contributed by atoms with van der Waals surface area (Å²) >= 11 is 0. The first-order valence-electron chi connectivity index (χ1n) is 9.28. The van der Waals surface area contributed by atoms with Crippen LogP contribution in [0.25, 0.3) is 0 Å². The van der Waals surface area contributed by atoms with Gasteiger partial charge in [0.05, 0.1) is 19.3 Å². The van der Waals surface area contributed by atoms with E-state index in [1.54, 1.807) is 23.0 Å². The van der Waals surface area contributed by atoms with Crippen LogP contribution in [0.3, 0.4) is 0 Å². The number of hydrogen-bond acceptors (Lipinski definition) is 4. The number of urea groups is 1. The maximum absolute atomic E-state index is 13.3. The number of nitrogens with one attached hydrogen (secondary N) is 2. The van der Waals surface area contributed by atoms with Gasteiger partial charge in [0.25, 0.3) is 0 Å². The lowest BCUT2D eigenvalue weighted by Gasteiger charge is -2.32. The zero-order valence-corrected chi connectivity index (χ0v) is 15.3. The van der Waals surface area contributed by atoms with Crippen molar-refractivity contribution in [3.05, 3.63) is 47.9 Å². The van der Waals surface area contributed by atoms with Crippen molar-refractivity contribution in [2.75, 3.05) is 38.1 Å². The summed E-state index contributed by atoms with van der Waals surface area (Å²) < 4.78 is 15.0. The third-order valence-electron chi connectivity index (χ3n) is 4.75. The van der Waals surface area contributed by atoms with Gasteiger partial charge in [-0.15, -0.1) is 0 Å². The van der Waals surface area contributed by atoms with Gasteiger partial charge in [-0.2, -0.15) is 5.10 Å². The summed E-state index contributed by atoms with van der Waals surface area (Å²) in [5.74, 6) is 0.644. The molecular weight excluding hydrogens is 349 g/mol. The van der Waals surface area contributed by atoms with Crippen molar-refractivity contribution >= 4 is 11.8 Å². The Kier molecular flexibility index (Phi) is 6.78. The maximum Gasteiger partial charge on any atom is 0.320 e. The molecule has 3 N–H and O–H groups in total. The van der Waals surface area contributed by atoms with E-state index < -0.39 is 0 Å². The molecule has 3 rings (SSSR count). The van der Waals surface area contributed by atoms with Gasteiger partial charge in [-0.05, 0) is 43.0 Å². The van der Waals surface area contributed by atoms with Gasteiger partial charge in [0, 0.05) is 25.7 Å². The molecule has 1 aromatic carbocycles. The van der Waals surface area contributed by atoms with Crippen molar-refractivity contribution in [1.29, 1.82) is 0 Å². The molecule has 0 unspecified atom stereocenters. The Morgan fingerprint density at radius 3 is 3.07 bits per heavy atom.